The summed E-state index contributed by atoms with van der Waals surface area (Å²) in [5, 5.41) is 6.57. The van der Waals surface area contributed by atoms with E-state index in [-0.39, 0.29) is 30.7 Å². The molecule has 132 valence electrons. The second kappa shape index (κ2) is 9.59. The smallest absolute Gasteiger partial charge is 0.273 e. The van der Waals surface area contributed by atoms with Gasteiger partial charge in [0.1, 0.15) is 10.7 Å². The zero-order valence-corrected chi connectivity index (χ0v) is 16.4. The van der Waals surface area contributed by atoms with Gasteiger partial charge in [-0.3, -0.25) is 4.79 Å². The molecule has 1 aliphatic rings. The van der Waals surface area contributed by atoms with Crippen LogP contribution in [0.4, 0.5) is 0 Å². The van der Waals surface area contributed by atoms with Crippen molar-refractivity contribution in [3.8, 4) is 10.6 Å². The van der Waals surface area contributed by atoms with Crippen molar-refractivity contribution >= 4 is 53.7 Å². The summed E-state index contributed by atoms with van der Waals surface area (Å²) in [6.45, 7) is 2.59. The fraction of sp³-hybridized carbons (Fsp3) is 0.375. The first-order valence-corrected chi connectivity index (χ1v) is 8.58. The highest BCUT2D eigenvalue weighted by atomic mass is 35.5. The predicted octanol–water partition coefficient (Wildman–Crippen LogP) is 3.99. The van der Waals surface area contributed by atoms with Gasteiger partial charge in [0.2, 0.25) is 0 Å². The summed E-state index contributed by atoms with van der Waals surface area (Å²) in [6, 6.07) is 7.52. The van der Waals surface area contributed by atoms with Gasteiger partial charge >= 0.3 is 0 Å². The van der Waals surface area contributed by atoms with Crippen molar-refractivity contribution in [2.24, 2.45) is 5.92 Å². The van der Waals surface area contributed by atoms with Gasteiger partial charge in [0, 0.05) is 29.1 Å². The number of hydrogen-bond donors (Lipinski definition) is 1. The van der Waals surface area contributed by atoms with E-state index in [1.807, 2.05) is 41.6 Å². The number of halogens is 3. The Hall–Kier alpha value is -0.850. The molecular weight excluding hydrogens is 389 g/mol. The molecule has 0 aliphatic carbocycles. The lowest BCUT2D eigenvalue weighted by atomic mass is 10.1. The Morgan fingerprint density at radius 2 is 2.08 bits per heavy atom. The first kappa shape index (κ1) is 21.2. The van der Waals surface area contributed by atoms with Crippen LogP contribution in [0.1, 0.15) is 16.9 Å². The minimum absolute atomic E-state index is 0. The molecule has 24 heavy (non-hydrogen) atoms. The number of carbonyl (C=O) groups excluding carboxylic acids is 1. The van der Waals surface area contributed by atoms with Gasteiger partial charge in [-0.05, 0) is 38.1 Å². The van der Waals surface area contributed by atoms with Crippen molar-refractivity contribution in [1.29, 1.82) is 0 Å². The monoisotopic (exact) mass is 407 g/mol. The molecule has 1 aromatic heterocycles. The molecule has 1 N–H and O–H groups in total. The zero-order chi connectivity index (χ0) is 15.5. The molecule has 0 bridgehead atoms. The number of nitrogens with one attached hydrogen (secondary N) is 1. The van der Waals surface area contributed by atoms with Gasteiger partial charge in [0.05, 0.1) is 0 Å². The van der Waals surface area contributed by atoms with Crippen LogP contribution >= 0.6 is 47.8 Å². The number of carbonyl (C=O) groups is 1. The molecule has 3 rings (SSSR count). The summed E-state index contributed by atoms with van der Waals surface area (Å²) >= 11 is 7.39. The quantitative estimate of drug-likeness (QED) is 0.832. The lowest BCUT2D eigenvalue weighted by Crippen LogP contribution is -2.30. The molecule has 1 fully saturated rings. The second-order valence-electron chi connectivity index (χ2n) is 5.51. The number of hydrogen-bond acceptors (Lipinski definition) is 4. The molecular formula is C16H20Cl3N3OS. The maximum Gasteiger partial charge on any atom is 0.273 e. The molecule has 8 heteroatoms. The number of benzene rings is 1. The SMILES string of the molecule is CNCC1CCN(C(=O)c2csc(-c3ccc(Cl)cc3)n2)C1.Cl.Cl. The summed E-state index contributed by atoms with van der Waals surface area (Å²) in [7, 11) is 1.95. The van der Waals surface area contributed by atoms with Crippen LogP contribution in [0.2, 0.25) is 5.02 Å². The van der Waals surface area contributed by atoms with Crippen LogP contribution < -0.4 is 5.32 Å². The highest BCUT2D eigenvalue weighted by Gasteiger charge is 2.27. The molecule has 1 aliphatic heterocycles. The zero-order valence-electron chi connectivity index (χ0n) is 13.2. The Labute approximate surface area is 163 Å². The second-order valence-corrected chi connectivity index (χ2v) is 6.80. The molecule has 1 aromatic carbocycles. The first-order chi connectivity index (χ1) is 10.7. The lowest BCUT2D eigenvalue weighted by molar-refractivity contribution is 0.0782. The standard InChI is InChI=1S/C16H18ClN3OS.2ClH/c1-18-8-11-6-7-20(9-11)16(21)14-10-22-15(19-14)12-2-4-13(17)5-3-12;;/h2-5,10-11,18H,6-9H2,1H3;2*1H. The van der Waals surface area contributed by atoms with Crippen molar-refractivity contribution < 1.29 is 4.79 Å². The van der Waals surface area contributed by atoms with Crippen LogP contribution in [0.5, 0.6) is 0 Å². The van der Waals surface area contributed by atoms with E-state index in [4.69, 9.17) is 11.6 Å². The third kappa shape index (κ3) is 4.83. The maximum absolute atomic E-state index is 12.5. The third-order valence-corrected chi connectivity index (χ3v) is 5.02. The molecule has 1 saturated heterocycles. The van der Waals surface area contributed by atoms with Crippen LogP contribution in [0.15, 0.2) is 29.6 Å². The lowest BCUT2D eigenvalue weighted by Gasteiger charge is -2.15. The molecule has 1 atom stereocenters. The minimum Gasteiger partial charge on any atom is -0.337 e. The van der Waals surface area contributed by atoms with E-state index in [9.17, 15) is 4.79 Å². The van der Waals surface area contributed by atoms with Gasteiger partial charge in [-0.15, -0.1) is 36.2 Å². The van der Waals surface area contributed by atoms with E-state index in [1.54, 1.807) is 0 Å². The summed E-state index contributed by atoms with van der Waals surface area (Å²) in [6.07, 6.45) is 1.06. The van der Waals surface area contributed by atoms with Crippen molar-refractivity contribution in [2.75, 3.05) is 26.7 Å². The van der Waals surface area contributed by atoms with Gasteiger partial charge in [0.15, 0.2) is 0 Å². The Bertz CT molecular complexity index is 663. The fourth-order valence-corrected chi connectivity index (χ4v) is 3.66. The predicted molar refractivity (Wildman–Crippen MR) is 105 cm³/mol. The average molecular weight is 409 g/mol. The molecule has 4 nitrogen and oxygen atoms in total. The van der Waals surface area contributed by atoms with Crippen LogP contribution in [-0.2, 0) is 0 Å². The highest BCUT2D eigenvalue weighted by molar-refractivity contribution is 7.13. The van der Waals surface area contributed by atoms with Gasteiger partial charge < -0.3 is 10.2 Å². The molecule has 0 spiro atoms. The summed E-state index contributed by atoms with van der Waals surface area (Å²) in [5.41, 5.74) is 1.53. The van der Waals surface area contributed by atoms with E-state index in [0.717, 1.165) is 36.6 Å². The largest absolute Gasteiger partial charge is 0.337 e. The van der Waals surface area contributed by atoms with Gasteiger partial charge in [-0.25, -0.2) is 4.98 Å². The van der Waals surface area contributed by atoms with Gasteiger partial charge in [-0.2, -0.15) is 0 Å². The fourth-order valence-electron chi connectivity index (χ4n) is 2.73. The van der Waals surface area contributed by atoms with Crippen molar-refractivity contribution in [1.82, 2.24) is 15.2 Å². The number of likely N-dealkylation sites (tertiary alicyclic amines) is 1. The van der Waals surface area contributed by atoms with E-state index >= 15 is 0 Å². The summed E-state index contributed by atoms with van der Waals surface area (Å²) < 4.78 is 0. The topological polar surface area (TPSA) is 45.2 Å². The van der Waals surface area contributed by atoms with Crippen LogP contribution in [0.3, 0.4) is 0 Å². The molecule has 1 amide bonds. The molecule has 0 saturated carbocycles. The van der Waals surface area contributed by atoms with Gasteiger partial charge in [0.25, 0.3) is 5.91 Å². The van der Waals surface area contributed by atoms with Crippen molar-refractivity contribution in [2.45, 2.75) is 6.42 Å². The van der Waals surface area contributed by atoms with E-state index in [0.29, 0.717) is 16.6 Å². The van der Waals surface area contributed by atoms with Crippen LogP contribution in [0, 0.1) is 5.92 Å². The van der Waals surface area contributed by atoms with E-state index < -0.39 is 0 Å². The molecule has 2 heterocycles. The minimum atomic E-state index is 0. The molecule has 1 unspecified atom stereocenters. The first-order valence-electron chi connectivity index (χ1n) is 7.32. The number of thiazole rings is 1. The van der Waals surface area contributed by atoms with E-state index in [1.165, 1.54) is 11.3 Å². The Morgan fingerprint density at radius 3 is 2.75 bits per heavy atom. The Morgan fingerprint density at radius 1 is 1.38 bits per heavy atom. The number of amides is 1. The van der Waals surface area contributed by atoms with Crippen molar-refractivity contribution in [3.63, 3.8) is 0 Å². The highest BCUT2D eigenvalue weighted by Crippen LogP contribution is 2.26. The number of aromatic nitrogens is 1. The average Bonchev–Trinajstić information content (AvgIpc) is 3.17. The van der Waals surface area contributed by atoms with Gasteiger partial charge in [-0.1, -0.05) is 23.7 Å². The number of nitrogens with zero attached hydrogens (tertiary/aromatic N) is 2. The van der Waals surface area contributed by atoms with Crippen LogP contribution in [-0.4, -0.2) is 42.5 Å². The maximum atomic E-state index is 12.5. The normalized spacial score (nSPS) is 16.4. The Kier molecular flexibility index (Phi) is 8.46. The van der Waals surface area contributed by atoms with E-state index in [2.05, 4.69) is 10.3 Å². The van der Waals surface area contributed by atoms with Crippen LogP contribution in [0.25, 0.3) is 10.6 Å². The summed E-state index contributed by atoms with van der Waals surface area (Å²) in [4.78, 5) is 18.9. The molecule has 2 aromatic rings. The Balaban J connectivity index is 0.00000144. The third-order valence-electron chi connectivity index (χ3n) is 3.88. The summed E-state index contributed by atoms with van der Waals surface area (Å²) in [5.74, 6) is 0.582. The number of rotatable bonds is 4. The van der Waals surface area contributed by atoms with Crippen molar-refractivity contribution in [3.05, 3.63) is 40.4 Å². The molecule has 0 radical (unpaired) electrons.